The van der Waals surface area contributed by atoms with Crippen LogP contribution in [0.2, 0.25) is 0 Å². The Balaban J connectivity index is 1.80. The number of hydrogen-bond donors (Lipinski definition) is 1. The van der Waals surface area contributed by atoms with Crippen LogP contribution in [0.15, 0.2) is 36.5 Å². The van der Waals surface area contributed by atoms with Gasteiger partial charge in [-0.1, -0.05) is 45.0 Å². The molecule has 2 aliphatic rings. The van der Waals surface area contributed by atoms with Crippen LogP contribution in [0.5, 0.6) is 0 Å². The van der Waals surface area contributed by atoms with Crippen molar-refractivity contribution in [1.29, 1.82) is 0 Å². The molecule has 29 heavy (non-hydrogen) atoms. The van der Waals surface area contributed by atoms with Gasteiger partial charge in [-0.25, -0.2) is 0 Å². The van der Waals surface area contributed by atoms with Gasteiger partial charge in [0.2, 0.25) is 5.91 Å². The second-order valence-electron chi connectivity index (χ2n) is 9.17. The third kappa shape index (κ3) is 3.24. The number of likely N-dealkylation sites (tertiary alicyclic amines) is 1. The average Bonchev–Trinajstić information content (AvgIpc) is 3.12. The number of rotatable bonds is 5. The summed E-state index contributed by atoms with van der Waals surface area (Å²) in [4.78, 5) is 16.1. The lowest BCUT2D eigenvalue weighted by Gasteiger charge is -2.55. The van der Waals surface area contributed by atoms with Crippen molar-refractivity contribution in [2.24, 2.45) is 5.41 Å². The van der Waals surface area contributed by atoms with Crippen molar-refractivity contribution in [2.45, 2.75) is 45.1 Å². The highest BCUT2D eigenvalue weighted by molar-refractivity contribution is 5.94. The van der Waals surface area contributed by atoms with Crippen LogP contribution < -0.4 is 4.90 Å². The number of hydrogen-bond acceptors (Lipinski definition) is 5. The van der Waals surface area contributed by atoms with Crippen molar-refractivity contribution < 1.29 is 9.90 Å². The molecule has 2 saturated heterocycles. The Kier molecular flexibility index (Phi) is 4.95. The first-order chi connectivity index (χ1) is 13.7. The van der Waals surface area contributed by atoms with E-state index in [2.05, 4.69) is 55.0 Å². The lowest BCUT2D eigenvalue weighted by Crippen LogP contribution is -2.63. The summed E-state index contributed by atoms with van der Waals surface area (Å²) in [5, 5.41) is 20.6. The van der Waals surface area contributed by atoms with Gasteiger partial charge in [0, 0.05) is 37.0 Å². The molecule has 0 spiro atoms. The van der Waals surface area contributed by atoms with E-state index in [9.17, 15) is 9.90 Å². The van der Waals surface area contributed by atoms with E-state index < -0.39 is 5.60 Å². The van der Waals surface area contributed by atoms with E-state index in [1.807, 2.05) is 18.2 Å². The van der Waals surface area contributed by atoms with Crippen molar-refractivity contribution in [2.75, 3.05) is 31.6 Å². The average molecular weight is 395 g/mol. The van der Waals surface area contributed by atoms with Gasteiger partial charge in [0.05, 0.1) is 6.20 Å². The molecule has 0 unspecified atom stereocenters. The fourth-order valence-corrected chi connectivity index (χ4v) is 4.92. The third-order valence-electron chi connectivity index (χ3n) is 6.52. The third-order valence-corrected chi connectivity index (χ3v) is 6.52. The van der Waals surface area contributed by atoms with E-state index in [1.165, 1.54) is 5.56 Å². The van der Waals surface area contributed by atoms with Gasteiger partial charge in [-0.3, -0.25) is 9.69 Å². The minimum atomic E-state index is -1.22. The van der Waals surface area contributed by atoms with E-state index in [0.717, 1.165) is 25.1 Å². The quantitative estimate of drug-likeness (QED) is 0.844. The Hall–Kier alpha value is -2.31. The summed E-state index contributed by atoms with van der Waals surface area (Å²) >= 11 is 0. The van der Waals surface area contributed by atoms with Gasteiger partial charge in [-0.05, 0) is 36.6 Å². The fourth-order valence-electron chi connectivity index (χ4n) is 4.92. The van der Waals surface area contributed by atoms with Crippen LogP contribution >= 0.6 is 0 Å². The number of nitrogens with zero attached hydrogens (tertiary/aromatic N) is 4. The second-order valence-corrected chi connectivity index (χ2v) is 9.17. The van der Waals surface area contributed by atoms with Crippen LogP contribution in [0, 0.1) is 5.41 Å². The molecule has 1 aromatic heterocycles. The molecule has 2 aromatic rings. The zero-order valence-electron chi connectivity index (χ0n) is 17.7. The summed E-state index contributed by atoms with van der Waals surface area (Å²) in [6.07, 6.45) is 3.01. The van der Waals surface area contributed by atoms with Crippen molar-refractivity contribution in [3.05, 3.63) is 53.2 Å². The number of benzene rings is 1. The number of aromatic nitrogens is 2. The molecule has 0 bridgehead atoms. The van der Waals surface area contributed by atoms with Gasteiger partial charge in [-0.15, -0.1) is 5.10 Å². The van der Waals surface area contributed by atoms with Crippen LogP contribution in [-0.2, 0) is 10.4 Å². The van der Waals surface area contributed by atoms with Crippen molar-refractivity contribution >= 4 is 11.7 Å². The molecule has 0 radical (unpaired) electrons. The second kappa shape index (κ2) is 7.18. The first kappa shape index (κ1) is 20.0. The van der Waals surface area contributed by atoms with Gasteiger partial charge in [0.15, 0.2) is 5.82 Å². The van der Waals surface area contributed by atoms with E-state index in [0.29, 0.717) is 30.3 Å². The molecule has 1 amide bonds. The highest BCUT2D eigenvalue weighted by Crippen LogP contribution is 2.50. The maximum Gasteiger partial charge on any atom is 0.228 e. The van der Waals surface area contributed by atoms with E-state index >= 15 is 0 Å². The zero-order valence-corrected chi connectivity index (χ0v) is 17.7. The first-order valence-electron chi connectivity index (χ1n) is 10.4. The molecule has 3 heterocycles. The number of anilines is 1. The topological polar surface area (TPSA) is 69.6 Å². The molecular weight excluding hydrogens is 364 g/mol. The lowest BCUT2D eigenvalue weighted by molar-refractivity contribution is -0.127. The monoisotopic (exact) mass is 394 g/mol. The van der Waals surface area contributed by atoms with Gasteiger partial charge in [0.25, 0.3) is 0 Å². The van der Waals surface area contributed by atoms with Gasteiger partial charge in [0.1, 0.15) is 5.60 Å². The highest BCUT2D eigenvalue weighted by Gasteiger charge is 2.55. The van der Waals surface area contributed by atoms with Crippen LogP contribution in [0.4, 0.5) is 5.82 Å². The summed E-state index contributed by atoms with van der Waals surface area (Å²) < 4.78 is 0. The molecular formula is C23H30N4O2. The molecule has 1 N–H and O–H groups in total. The van der Waals surface area contributed by atoms with E-state index in [4.69, 9.17) is 0 Å². The Bertz CT molecular complexity index is 905. The standard InChI is InChI=1S/C23H30N4O2/c1-16(2)17-7-9-18(10-8-17)23(29,22(3)14-26(4)15-22)19-12-20(25-24-13-19)27-11-5-6-21(27)28/h7-10,12-13,16,29H,5-6,11,14-15H2,1-4H3/t23-/m0/s1. The predicted octanol–water partition coefficient (Wildman–Crippen LogP) is 2.91. The predicted molar refractivity (Wildman–Crippen MR) is 113 cm³/mol. The highest BCUT2D eigenvalue weighted by atomic mass is 16.3. The van der Waals surface area contributed by atoms with Crippen LogP contribution in [0.1, 0.15) is 56.2 Å². The van der Waals surface area contributed by atoms with Crippen LogP contribution in [-0.4, -0.2) is 52.8 Å². The van der Waals surface area contributed by atoms with Gasteiger partial charge >= 0.3 is 0 Å². The van der Waals surface area contributed by atoms with Gasteiger partial charge in [-0.2, -0.15) is 5.10 Å². The Morgan fingerprint density at radius 3 is 2.41 bits per heavy atom. The van der Waals surface area contributed by atoms with Gasteiger partial charge < -0.3 is 10.0 Å². The minimum absolute atomic E-state index is 0.0656. The summed E-state index contributed by atoms with van der Waals surface area (Å²) in [7, 11) is 2.06. The maximum absolute atomic E-state index is 12.2. The van der Waals surface area contributed by atoms with Crippen molar-refractivity contribution in [3.8, 4) is 0 Å². The number of aliphatic hydroxyl groups is 1. The molecule has 0 saturated carbocycles. The molecule has 2 fully saturated rings. The Morgan fingerprint density at radius 2 is 1.86 bits per heavy atom. The molecule has 4 rings (SSSR count). The minimum Gasteiger partial charge on any atom is -0.380 e. The van der Waals surface area contributed by atoms with Crippen molar-refractivity contribution in [3.63, 3.8) is 0 Å². The molecule has 2 aliphatic heterocycles. The number of amides is 1. The summed E-state index contributed by atoms with van der Waals surface area (Å²) in [6, 6.07) is 10.1. The number of carbonyl (C=O) groups excluding carboxylic acids is 1. The van der Waals surface area contributed by atoms with Crippen LogP contribution in [0.25, 0.3) is 0 Å². The summed E-state index contributed by atoms with van der Waals surface area (Å²) in [5.41, 5.74) is 1.20. The molecule has 1 aromatic carbocycles. The van der Waals surface area contributed by atoms with E-state index in [-0.39, 0.29) is 11.3 Å². The normalized spacial score (nSPS) is 21.3. The lowest BCUT2D eigenvalue weighted by atomic mass is 9.62. The van der Waals surface area contributed by atoms with Crippen molar-refractivity contribution in [1.82, 2.24) is 15.1 Å². The Morgan fingerprint density at radius 1 is 1.17 bits per heavy atom. The zero-order chi connectivity index (χ0) is 20.8. The fraction of sp³-hybridized carbons (Fsp3) is 0.522. The smallest absolute Gasteiger partial charge is 0.228 e. The first-order valence-corrected chi connectivity index (χ1v) is 10.4. The van der Waals surface area contributed by atoms with E-state index in [1.54, 1.807) is 11.1 Å². The molecule has 6 heteroatoms. The van der Waals surface area contributed by atoms with Crippen LogP contribution in [0.3, 0.4) is 0 Å². The maximum atomic E-state index is 12.2. The number of carbonyl (C=O) groups is 1. The molecule has 154 valence electrons. The molecule has 6 nitrogen and oxygen atoms in total. The summed E-state index contributed by atoms with van der Waals surface area (Å²) in [5.74, 6) is 1.02. The Labute approximate surface area is 172 Å². The SMILES string of the molecule is CC(C)c1ccc([C@](O)(c2cnnc(N3CCCC3=O)c2)C2(C)CN(C)C2)cc1. The summed E-state index contributed by atoms with van der Waals surface area (Å²) in [6.45, 7) is 8.64. The largest absolute Gasteiger partial charge is 0.380 e. The molecule has 0 aliphatic carbocycles. The molecule has 1 atom stereocenters.